The normalized spacial score (nSPS) is 13.1. The van der Waals surface area contributed by atoms with Crippen molar-refractivity contribution >= 4 is 18.0 Å². The first kappa shape index (κ1) is 22.3. The van der Waals surface area contributed by atoms with Crippen LogP contribution in [0.3, 0.4) is 0 Å². The van der Waals surface area contributed by atoms with Crippen LogP contribution in [0, 0.1) is 0 Å². The molecule has 2 aromatic carbocycles. The summed E-state index contributed by atoms with van der Waals surface area (Å²) in [7, 11) is 1.58. The third-order valence-electron chi connectivity index (χ3n) is 5.59. The van der Waals surface area contributed by atoms with Crippen LogP contribution in [-0.4, -0.2) is 54.2 Å². The molecule has 0 saturated carbocycles. The smallest absolute Gasteiger partial charge is 0.407 e. The second kappa shape index (κ2) is 10.1. The average Bonchev–Trinajstić information content (AvgIpc) is 3.08. The van der Waals surface area contributed by atoms with E-state index in [4.69, 9.17) is 9.84 Å². The van der Waals surface area contributed by atoms with Crippen LogP contribution in [0.1, 0.15) is 43.2 Å². The number of nitrogens with one attached hydrogen (secondary N) is 1. The van der Waals surface area contributed by atoms with E-state index in [9.17, 15) is 14.4 Å². The minimum Gasteiger partial charge on any atom is -0.481 e. The van der Waals surface area contributed by atoms with Gasteiger partial charge in [-0.3, -0.25) is 9.59 Å². The molecule has 7 heteroatoms. The summed E-state index contributed by atoms with van der Waals surface area (Å²) >= 11 is 0. The lowest BCUT2D eigenvalue weighted by Crippen LogP contribution is -2.35. The van der Waals surface area contributed by atoms with Gasteiger partial charge < -0.3 is 20.1 Å². The van der Waals surface area contributed by atoms with Gasteiger partial charge in [-0.2, -0.15) is 0 Å². The Kier molecular flexibility index (Phi) is 7.28. The number of carboxylic acids is 1. The molecule has 0 saturated heterocycles. The van der Waals surface area contributed by atoms with Crippen LogP contribution in [0.15, 0.2) is 48.5 Å². The summed E-state index contributed by atoms with van der Waals surface area (Å²) in [5.74, 6) is -1.09. The number of aliphatic carboxylic acids is 1. The van der Waals surface area contributed by atoms with Crippen molar-refractivity contribution in [2.24, 2.45) is 0 Å². The number of rotatable bonds is 9. The van der Waals surface area contributed by atoms with Crippen LogP contribution in [0.5, 0.6) is 0 Å². The van der Waals surface area contributed by atoms with Gasteiger partial charge in [-0.05, 0) is 35.6 Å². The third-order valence-corrected chi connectivity index (χ3v) is 5.59. The zero-order valence-electron chi connectivity index (χ0n) is 17.8. The number of nitrogens with zero attached hydrogens (tertiary/aromatic N) is 1. The minimum atomic E-state index is -0.940. The molecule has 0 radical (unpaired) electrons. The zero-order valence-corrected chi connectivity index (χ0v) is 17.8. The molecule has 0 aromatic heterocycles. The van der Waals surface area contributed by atoms with Crippen molar-refractivity contribution in [1.82, 2.24) is 10.2 Å². The predicted molar refractivity (Wildman–Crippen MR) is 117 cm³/mol. The Hall–Kier alpha value is -3.35. The van der Waals surface area contributed by atoms with Crippen LogP contribution < -0.4 is 5.32 Å². The van der Waals surface area contributed by atoms with Gasteiger partial charge in [-0.1, -0.05) is 48.5 Å². The van der Waals surface area contributed by atoms with Crippen molar-refractivity contribution in [2.45, 2.75) is 38.1 Å². The lowest BCUT2D eigenvalue weighted by Gasteiger charge is -2.19. The molecule has 0 aliphatic heterocycles. The number of carboxylic acid groups (broad SMARTS) is 1. The first-order chi connectivity index (χ1) is 14.9. The monoisotopic (exact) mass is 424 g/mol. The van der Waals surface area contributed by atoms with Crippen molar-refractivity contribution in [3.63, 3.8) is 0 Å². The van der Waals surface area contributed by atoms with Gasteiger partial charge >= 0.3 is 12.1 Å². The Morgan fingerprint density at radius 1 is 1.03 bits per heavy atom. The maximum atomic E-state index is 12.3. The number of fused-ring (bicyclic) bond motifs is 3. The van der Waals surface area contributed by atoms with Crippen molar-refractivity contribution < 1.29 is 24.2 Å². The molecule has 7 nitrogen and oxygen atoms in total. The van der Waals surface area contributed by atoms with Gasteiger partial charge in [0, 0.05) is 32.0 Å². The molecule has 31 heavy (non-hydrogen) atoms. The Bertz CT molecular complexity index is 913. The molecule has 1 aliphatic carbocycles. The van der Waals surface area contributed by atoms with E-state index < -0.39 is 12.1 Å². The number of benzene rings is 2. The van der Waals surface area contributed by atoms with Crippen molar-refractivity contribution in [3.8, 4) is 11.1 Å². The van der Waals surface area contributed by atoms with Crippen LogP contribution in [-0.2, 0) is 14.3 Å². The molecule has 2 N–H and O–H groups in total. The number of ether oxygens (including phenoxy) is 1. The van der Waals surface area contributed by atoms with Gasteiger partial charge in [0.15, 0.2) is 0 Å². The van der Waals surface area contributed by atoms with Gasteiger partial charge in [0.25, 0.3) is 0 Å². The highest BCUT2D eigenvalue weighted by Crippen LogP contribution is 2.44. The standard InChI is InChI=1S/C24H28N2O5/c1-16(11-12-22(27)26(2)14-13-23(28)29)25-24(30)31-15-21-19-9-5-3-7-17(19)18-8-4-6-10-20(18)21/h3-10,16,21H,11-15H2,1-2H3,(H,25,30)(H,28,29). The minimum absolute atomic E-state index is 0.00193. The molecule has 3 rings (SSSR count). The van der Waals surface area contributed by atoms with E-state index in [-0.39, 0.29) is 43.9 Å². The Morgan fingerprint density at radius 2 is 1.61 bits per heavy atom. The second-order valence-electron chi connectivity index (χ2n) is 7.87. The number of hydrogen-bond acceptors (Lipinski definition) is 4. The topological polar surface area (TPSA) is 95.9 Å². The first-order valence-electron chi connectivity index (χ1n) is 10.4. The fraction of sp³-hybridized carbons (Fsp3) is 0.375. The molecule has 2 amide bonds. The number of carbonyl (C=O) groups is 3. The van der Waals surface area contributed by atoms with Crippen LogP contribution in [0.4, 0.5) is 4.79 Å². The number of alkyl carbamates (subject to hydrolysis) is 1. The van der Waals surface area contributed by atoms with E-state index in [0.29, 0.717) is 6.42 Å². The highest BCUT2D eigenvalue weighted by molar-refractivity contribution is 5.79. The van der Waals surface area contributed by atoms with E-state index in [0.717, 1.165) is 11.1 Å². The summed E-state index contributed by atoms with van der Waals surface area (Å²) < 4.78 is 5.52. The van der Waals surface area contributed by atoms with E-state index in [1.165, 1.54) is 16.0 Å². The fourth-order valence-corrected chi connectivity index (χ4v) is 3.83. The molecular formula is C24H28N2O5. The summed E-state index contributed by atoms with van der Waals surface area (Å²) in [6.07, 6.45) is 0.0676. The van der Waals surface area contributed by atoms with Gasteiger partial charge in [0.2, 0.25) is 5.91 Å². The number of carbonyl (C=O) groups excluding carboxylic acids is 2. The van der Waals surface area contributed by atoms with Gasteiger partial charge in [-0.15, -0.1) is 0 Å². The van der Waals surface area contributed by atoms with Crippen molar-refractivity contribution in [1.29, 1.82) is 0 Å². The maximum absolute atomic E-state index is 12.3. The summed E-state index contributed by atoms with van der Waals surface area (Å²) in [4.78, 5) is 36.4. The molecule has 1 atom stereocenters. The molecule has 164 valence electrons. The quantitative estimate of drug-likeness (QED) is 0.641. The van der Waals surface area contributed by atoms with Crippen molar-refractivity contribution in [3.05, 3.63) is 59.7 Å². The zero-order chi connectivity index (χ0) is 22.4. The molecule has 0 heterocycles. The SMILES string of the molecule is CC(CCC(=O)N(C)CCC(=O)O)NC(=O)OCC1c2ccccc2-c2ccccc21. The lowest BCUT2D eigenvalue weighted by molar-refractivity contribution is -0.138. The van der Waals surface area contributed by atoms with Crippen LogP contribution in [0.25, 0.3) is 11.1 Å². The van der Waals surface area contributed by atoms with Crippen LogP contribution in [0.2, 0.25) is 0 Å². The van der Waals surface area contributed by atoms with Crippen LogP contribution >= 0.6 is 0 Å². The van der Waals surface area contributed by atoms with E-state index in [1.54, 1.807) is 7.05 Å². The average molecular weight is 424 g/mol. The second-order valence-corrected chi connectivity index (χ2v) is 7.87. The number of amides is 2. The Morgan fingerprint density at radius 3 is 2.19 bits per heavy atom. The molecule has 0 bridgehead atoms. The van der Waals surface area contributed by atoms with Gasteiger partial charge in [0.1, 0.15) is 6.61 Å². The summed E-state index contributed by atoms with van der Waals surface area (Å²) in [6, 6.07) is 16.1. The van der Waals surface area contributed by atoms with E-state index >= 15 is 0 Å². The van der Waals surface area contributed by atoms with E-state index in [1.807, 2.05) is 31.2 Å². The summed E-state index contributed by atoms with van der Waals surface area (Å²) in [5, 5.41) is 11.5. The molecule has 2 aromatic rings. The summed E-state index contributed by atoms with van der Waals surface area (Å²) in [6.45, 7) is 2.22. The van der Waals surface area contributed by atoms with Crippen molar-refractivity contribution in [2.75, 3.05) is 20.2 Å². The molecular weight excluding hydrogens is 396 g/mol. The Balaban J connectivity index is 1.47. The number of hydrogen-bond donors (Lipinski definition) is 2. The highest BCUT2D eigenvalue weighted by Gasteiger charge is 2.29. The molecule has 0 spiro atoms. The Labute approximate surface area is 182 Å². The molecule has 1 aliphatic rings. The molecule has 0 fully saturated rings. The summed E-state index contributed by atoms with van der Waals surface area (Å²) in [5.41, 5.74) is 4.65. The van der Waals surface area contributed by atoms with Gasteiger partial charge in [-0.25, -0.2) is 4.79 Å². The first-order valence-corrected chi connectivity index (χ1v) is 10.4. The molecule has 1 unspecified atom stereocenters. The van der Waals surface area contributed by atoms with E-state index in [2.05, 4.69) is 29.6 Å². The maximum Gasteiger partial charge on any atom is 0.407 e. The predicted octanol–water partition coefficient (Wildman–Crippen LogP) is 3.63. The third kappa shape index (κ3) is 5.63. The fourth-order valence-electron chi connectivity index (χ4n) is 3.83. The highest BCUT2D eigenvalue weighted by atomic mass is 16.5. The lowest BCUT2D eigenvalue weighted by atomic mass is 9.98. The van der Waals surface area contributed by atoms with Gasteiger partial charge in [0.05, 0.1) is 6.42 Å². The largest absolute Gasteiger partial charge is 0.481 e.